The van der Waals surface area contributed by atoms with Gasteiger partial charge in [0.15, 0.2) is 11.5 Å². The van der Waals surface area contributed by atoms with Gasteiger partial charge in [-0.05, 0) is 30.5 Å². The number of ether oxygens (including phenoxy) is 3. The third-order valence-corrected chi connectivity index (χ3v) is 5.24. The lowest BCUT2D eigenvalue weighted by Crippen LogP contribution is -2.48. The molecular formula is C18H26N2O4. The van der Waals surface area contributed by atoms with E-state index in [-0.39, 0.29) is 12.1 Å². The molecule has 1 aliphatic heterocycles. The van der Waals surface area contributed by atoms with E-state index in [0.29, 0.717) is 17.2 Å². The first-order chi connectivity index (χ1) is 11.6. The van der Waals surface area contributed by atoms with E-state index in [1.165, 1.54) is 6.42 Å². The van der Waals surface area contributed by atoms with Gasteiger partial charge in [0.2, 0.25) is 11.7 Å². The molecule has 2 fully saturated rings. The number of likely N-dealkylation sites (N-methyl/N-ethyl adjacent to an activating group) is 1. The lowest BCUT2D eigenvalue weighted by molar-refractivity contribution is -0.133. The molecule has 1 aromatic carbocycles. The Labute approximate surface area is 143 Å². The number of nitrogens with zero attached hydrogens (tertiary/aromatic N) is 1. The minimum absolute atomic E-state index is 0.181. The molecule has 1 heterocycles. The number of carbonyl (C=O) groups is 1. The van der Waals surface area contributed by atoms with Crippen molar-refractivity contribution in [2.75, 3.05) is 28.4 Å². The molecule has 1 saturated carbocycles. The summed E-state index contributed by atoms with van der Waals surface area (Å²) in [6.45, 7) is 0. The summed E-state index contributed by atoms with van der Waals surface area (Å²) in [7, 11) is 6.63. The van der Waals surface area contributed by atoms with Crippen molar-refractivity contribution >= 4 is 5.91 Å². The van der Waals surface area contributed by atoms with Crippen LogP contribution in [0.5, 0.6) is 17.2 Å². The van der Waals surface area contributed by atoms with Gasteiger partial charge in [-0.15, -0.1) is 0 Å². The number of benzene rings is 1. The first kappa shape index (κ1) is 16.9. The molecule has 132 valence electrons. The zero-order valence-corrected chi connectivity index (χ0v) is 14.8. The molecule has 0 bridgehead atoms. The Morgan fingerprint density at radius 3 is 2.12 bits per heavy atom. The second kappa shape index (κ2) is 6.51. The van der Waals surface area contributed by atoms with E-state index >= 15 is 0 Å². The smallest absolute Gasteiger partial charge is 0.244 e. The number of hydrogen-bond donors (Lipinski definition) is 1. The van der Waals surface area contributed by atoms with Gasteiger partial charge >= 0.3 is 0 Å². The Balaban J connectivity index is 1.98. The van der Waals surface area contributed by atoms with Crippen molar-refractivity contribution in [1.29, 1.82) is 0 Å². The summed E-state index contributed by atoms with van der Waals surface area (Å²) in [5.41, 5.74) is 0.515. The van der Waals surface area contributed by atoms with E-state index in [9.17, 15) is 4.79 Å². The van der Waals surface area contributed by atoms with Crippen LogP contribution < -0.4 is 19.5 Å². The molecule has 0 unspecified atom stereocenters. The Hall–Kier alpha value is -1.95. The Morgan fingerprint density at radius 1 is 1.04 bits per heavy atom. The molecule has 1 saturated heterocycles. The van der Waals surface area contributed by atoms with E-state index in [0.717, 1.165) is 31.2 Å². The van der Waals surface area contributed by atoms with Gasteiger partial charge in [-0.2, -0.15) is 0 Å². The van der Waals surface area contributed by atoms with Gasteiger partial charge in [-0.1, -0.05) is 19.3 Å². The summed E-state index contributed by atoms with van der Waals surface area (Å²) in [6, 6.07) is 3.81. The van der Waals surface area contributed by atoms with Crippen LogP contribution in [0.1, 0.15) is 43.8 Å². The highest BCUT2D eigenvalue weighted by Crippen LogP contribution is 2.43. The zero-order chi connectivity index (χ0) is 17.3. The third-order valence-electron chi connectivity index (χ3n) is 5.24. The molecule has 1 aromatic rings. The van der Waals surface area contributed by atoms with Crippen molar-refractivity contribution in [3.8, 4) is 17.2 Å². The van der Waals surface area contributed by atoms with E-state index in [1.54, 1.807) is 26.2 Å². The van der Waals surface area contributed by atoms with Gasteiger partial charge in [-0.25, -0.2) is 0 Å². The SMILES string of the molecule is COc1cc([C@@H]2NC3(CCCCC3)C(=O)N2C)cc(OC)c1OC. The normalized spacial score (nSPS) is 22.8. The maximum Gasteiger partial charge on any atom is 0.244 e. The van der Waals surface area contributed by atoms with Crippen molar-refractivity contribution in [2.45, 2.75) is 43.8 Å². The lowest BCUT2D eigenvalue weighted by atomic mass is 9.82. The number of methoxy groups -OCH3 is 3. The molecule has 3 rings (SSSR count). The Morgan fingerprint density at radius 2 is 1.62 bits per heavy atom. The molecule has 0 aromatic heterocycles. The van der Waals surface area contributed by atoms with Crippen LogP contribution in [0.3, 0.4) is 0 Å². The van der Waals surface area contributed by atoms with Crippen molar-refractivity contribution in [2.24, 2.45) is 0 Å². The molecular weight excluding hydrogens is 308 g/mol. The Kier molecular flexibility index (Phi) is 4.58. The first-order valence-electron chi connectivity index (χ1n) is 8.41. The van der Waals surface area contributed by atoms with Crippen LogP contribution in [0.15, 0.2) is 12.1 Å². The fraction of sp³-hybridized carbons (Fsp3) is 0.611. The second-order valence-electron chi connectivity index (χ2n) is 6.56. The summed E-state index contributed by atoms with van der Waals surface area (Å²) in [5, 5.41) is 3.59. The van der Waals surface area contributed by atoms with E-state index < -0.39 is 5.54 Å². The van der Waals surface area contributed by atoms with Crippen LogP contribution in [0, 0.1) is 0 Å². The van der Waals surface area contributed by atoms with E-state index in [4.69, 9.17) is 14.2 Å². The van der Waals surface area contributed by atoms with E-state index in [2.05, 4.69) is 5.32 Å². The van der Waals surface area contributed by atoms with Gasteiger partial charge in [0.05, 0.1) is 26.9 Å². The van der Waals surface area contributed by atoms with Gasteiger partial charge in [0, 0.05) is 7.05 Å². The highest BCUT2D eigenvalue weighted by atomic mass is 16.5. The van der Waals surface area contributed by atoms with Crippen molar-refractivity contribution in [3.63, 3.8) is 0 Å². The number of hydrogen-bond acceptors (Lipinski definition) is 5. The Bertz CT molecular complexity index is 600. The molecule has 6 nitrogen and oxygen atoms in total. The molecule has 24 heavy (non-hydrogen) atoms. The summed E-state index contributed by atoms with van der Waals surface area (Å²) < 4.78 is 16.3. The summed E-state index contributed by atoms with van der Waals surface area (Å²) >= 11 is 0. The fourth-order valence-corrected chi connectivity index (χ4v) is 3.95. The third kappa shape index (κ3) is 2.59. The zero-order valence-electron chi connectivity index (χ0n) is 14.8. The highest BCUT2D eigenvalue weighted by molar-refractivity contribution is 5.89. The van der Waals surface area contributed by atoms with Crippen LogP contribution in [-0.2, 0) is 4.79 Å². The molecule has 2 aliphatic rings. The molecule has 1 amide bonds. The van der Waals surface area contributed by atoms with Crippen LogP contribution in [0.4, 0.5) is 0 Å². The van der Waals surface area contributed by atoms with E-state index in [1.807, 2.05) is 19.2 Å². The minimum atomic E-state index is -0.419. The topological polar surface area (TPSA) is 60.0 Å². The number of carbonyl (C=O) groups excluding carboxylic acids is 1. The molecule has 1 N–H and O–H groups in total. The predicted octanol–water partition coefficient (Wildman–Crippen LogP) is 2.48. The van der Waals surface area contributed by atoms with Crippen LogP contribution >= 0.6 is 0 Å². The van der Waals surface area contributed by atoms with Gasteiger partial charge in [-0.3, -0.25) is 10.1 Å². The molecule has 0 radical (unpaired) electrons. The van der Waals surface area contributed by atoms with Crippen LogP contribution in [0.25, 0.3) is 0 Å². The minimum Gasteiger partial charge on any atom is -0.493 e. The van der Waals surface area contributed by atoms with Crippen molar-refractivity contribution in [3.05, 3.63) is 17.7 Å². The predicted molar refractivity (Wildman–Crippen MR) is 90.6 cm³/mol. The average Bonchev–Trinajstić information content (AvgIpc) is 2.86. The highest BCUT2D eigenvalue weighted by Gasteiger charge is 2.50. The standard InChI is InChI=1S/C18H26N2O4/c1-20-16(19-18(17(20)21)8-6-5-7-9-18)12-10-13(22-2)15(24-4)14(11-12)23-3/h10-11,16,19H,5-9H2,1-4H3/t16-/m1/s1. The number of amides is 1. The summed E-state index contributed by atoms with van der Waals surface area (Å²) in [4.78, 5) is 14.7. The van der Waals surface area contributed by atoms with Crippen LogP contribution in [0.2, 0.25) is 0 Å². The number of rotatable bonds is 4. The van der Waals surface area contributed by atoms with Crippen LogP contribution in [-0.4, -0.2) is 44.7 Å². The second-order valence-corrected chi connectivity index (χ2v) is 6.56. The monoisotopic (exact) mass is 334 g/mol. The maximum absolute atomic E-state index is 12.9. The molecule has 6 heteroatoms. The van der Waals surface area contributed by atoms with Gasteiger partial charge in [0.25, 0.3) is 0 Å². The van der Waals surface area contributed by atoms with Gasteiger partial charge < -0.3 is 19.1 Å². The maximum atomic E-state index is 12.9. The summed E-state index contributed by atoms with van der Waals surface area (Å²) in [6.07, 6.45) is 5.00. The average molecular weight is 334 g/mol. The molecule has 1 aliphatic carbocycles. The quantitative estimate of drug-likeness (QED) is 0.917. The lowest BCUT2D eigenvalue weighted by Gasteiger charge is -2.31. The first-order valence-corrected chi connectivity index (χ1v) is 8.41. The largest absolute Gasteiger partial charge is 0.493 e. The summed E-state index contributed by atoms with van der Waals surface area (Å²) in [5.74, 6) is 1.93. The molecule has 1 spiro atoms. The van der Waals surface area contributed by atoms with Crippen molar-refractivity contribution in [1.82, 2.24) is 10.2 Å². The molecule has 1 atom stereocenters. The fourth-order valence-electron chi connectivity index (χ4n) is 3.95. The van der Waals surface area contributed by atoms with Crippen molar-refractivity contribution < 1.29 is 19.0 Å². The number of nitrogens with one attached hydrogen (secondary N) is 1. The van der Waals surface area contributed by atoms with Gasteiger partial charge in [0.1, 0.15) is 6.17 Å².